The van der Waals surface area contributed by atoms with Crippen molar-refractivity contribution in [3.8, 4) is 0 Å². The molecule has 0 fully saturated rings. The minimum Gasteiger partial charge on any atom is -0.0988 e. The first kappa shape index (κ1) is 9.48. The van der Waals surface area contributed by atoms with Crippen LogP contribution in [0.25, 0.3) is 0 Å². The molecule has 0 heteroatoms. The molecule has 0 spiro atoms. The molecule has 0 aliphatic heterocycles. The zero-order valence-electron chi connectivity index (χ0n) is 7.57. The standard InChI is InChI=1S/C10H18/c1-6-9(4)10(5)7-8(2)3/h6,8H,1,7H2,2-5H3. The zero-order valence-corrected chi connectivity index (χ0v) is 7.57. The third kappa shape index (κ3) is 3.49. The van der Waals surface area contributed by atoms with Crippen LogP contribution in [0.2, 0.25) is 0 Å². The highest BCUT2D eigenvalue weighted by atomic mass is 14.0. The van der Waals surface area contributed by atoms with Gasteiger partial charge in [0.15, 0.2) is 0 Å². The minimum atomic E-state index is 0.759. The minimum absolute atomic E-state index is 0.759. The van der Waals surface area contributed by atoms with Crippen LogP contribution in [0.1, 0.15) is 34.1 Å². The summed E-state index contributed by atoms with van der Waals surface area (Å²) in [4.78, 5) is 0. The SMILES string of the molecule is C=CC(C)=C(C)CC(C)C. The van der Waals surface area contributed by atoms with E-state index in [-0.39, 0.29) is 0 Å². The normalized spacial score (nSPS) is 13.3. The molecule has 0 aliphatic carbocycles. The van der Waals surface area contributed by atoms with E-state index in [0.717, 1.165) is 5.92 Å². The van der Waals surface area contributed by atoms with E-state index in [0.29, 0.717) is 0 Å². The van der Waals surface area contributed by atoms with Crippen LogP contribution in [0, 0.1) is 5.92 Å². The Morgan fingerprint density at radius 2 is 1.90 bits per heavy atom. The van der Waals surface area contributed by atoms with Crippen LogP contribution >= 0.6 is 0 Å². The van der Waals surface area contributed by atoms with Gasteiger partial charge in [-0.3, -0.25) is 0 Å². The van der Waals surface area contributed by atoms with E-state index in [1.807, 2.05) is 6.08 Å². The molecule has 0 nitrogen and oxygen atoms in total. The molecule has 0 rings (SSSR count). The molecular formula is C10H18. The third-order valence-corrected chi connectivity index (χ3v) is 1.69. The van der Waals surface area contributed by atoms with Crippen LogP contribution in [0.3, 0.4) is 0 Å². The van der Waals surface area contributed by atoms with Gasteiger partial charge in [0.2, 0.25) is 0 Å². The van der Waals surface area contributed by atoms with Gasteiger partial charge in [-0.2, -0.15) is 0 Å². The van der Waals surface area contributed by atoms with Crippen LogP contribution in [0.4, 0.5) is 0 Å². The van der Waals surface area contributed by atoms with E-state index < -0.39 is 0 Å². The quantitative estimate of drug-likeness (QED) is 0.523. The second-order valence-electron chi connectivity index (χ2n) is 3.27. The second-order valence-corrected chi connectivity index (χ2v) is 3.27. The molecule has 0 aromatic carbocycles. The molecule has 0 aliphatic rings. The molecule has 0 aromatic heterocycles. The Kier molecular flexibility index (Phi) is 4.10. The fourth-order valence-electron chi connectivity index (χ4n) is 0.948. The lowest BCUT2D eigenvalue weighted by Crippen LogP contribution is -1.89. The number of hydrogen-bond acceptors (Lipinski definition) is 0. The lowest BCUT2D eigenvalue weighted by Gasteiger charge is -2.06. The average Bonchev–Trinajstić information content (AvgIpc) is 1.85. The molecule has 0 bridgehead atoms. The molecule has 0 atom stereocenters. The molecule has 10 heavy (non-hydrogen) atoms. The Morgan fingerprint density at radius 1 is 1.40 bits per heavy atom. The summed E-state index contributed by atoms with van der Waals surface area (Å²) in [5, 5.41) is 0. The van der Waals surface area contributed by atoms with Gasteiger partial charge in [-0.1, -0.05) is 37.6 Å². The van der Waals surface area contributed by atoms with E-state index in [9.17, 15) is 0 Å². The first-order valence-corrected chi connectivity index (χ1v) is 3.86. The van der Waals surface area contributed by atoms with Crippen molar-refractivity contribution in [1.82, 2.24) is 0 Å². The summed E-state index contributed by atoms with van der Waals surface area (Å²) in [7, 11) is 0. The summed E-state index contributed by atoms with van der Waals surface area (Å²) in [5.41, 5.74) is 2.79. The molecule has 0 radical (unpaired) electrons. The summed E-state index contributed by atoms with van der Waals surface area (Å²) >= 11 is 0. The molecule has 0 heterocycles. The van der Waals surface area contributed by atoms with E-state index in [4.69, 9.17) is 0 Å². The van der Waals surface area contributed by atoms with Gasteiger partial charge in [-0.25, -0.2) is 0 Å². The Bertz CT molecular complexity index is 138. The first-order chi connectivity index (χ1) is 4.57. The van der Waals surface area contributed by atoms with Crippen LogP contribution in [0.5, 0.6) is 0 Å². The van der Waals surface area contributed by atoms with E-state index in [1.165, 1.54) is 17.6 Å². The number of allylic oxidation sites excluding steroid dienone is 3. The van der Waals surface area contributed by atoms with Crippen molar-refractivity contribution < 1.29 is 0 Å². The van der Waals surface area contributed by atoms with Gasteiger partial charge in [-0.05, 0) is 26.2 Å². The van der Waals surface area contributed by atoms with Crippen molar-refractivity contribution in [1.29, 1.82) is 0 Å². The van der Waals surface area contributed by atoms with E-state index >= 15 is 0 Å². The highest BCUT2D eigenvalue weighted by Gasteiger charge is 1.96. The lowest BCUT2D eigenvalue weighted by atomic mass is 10.0. The third-order valence-electron chi connectivity index (χ3n) is 1.69. The molecule has 0 saturated heterocycles. The molecule has 0 aromatic rings. The molecule has 0 N–H and O–H groups in total. The van der Waals surface area contributed by atoms with Crippen molar-refractivity contribution in [3.63, 3.8) is 0 Å². The predicted octanol–water partition coefficient (Wildman–Crippen LogP) is 3.55. The molecule has 58 valence electrons. The van der Waals surface area contributed by atoms with Gasteiger partial charge in [0.25, 0.3) is 0 Å². The van der Waals surface area contributed by atoms with Gasteiger partial charge in [-0.15, -0.1) is 0 Å². The van der Waals surface area contributed by atoms with Crippen LogP contribution in [-0.2, 0) is 0 Å². The summed E-state index contributed by atoms with van der Waals surface area (Å²) in [6, 6.07) is 0. The maximum absolute atomic E-state index is 3.73. The fourth-order valence-corrected chi connectivity index (χ4v) is 0.948. The lowest BCUT2D eigenvalue weighted by molar-refractivity contribution is 0.639. The van der Waals surface area contributed by atoms with Crippen molar-refractivity contribution in [2.45, 2.75) is 34.1 Å². The maximum Gasteiger partial charge on any atom is -0.0294 e. The Balaban J connectivity index is 4.04. The summed E-state index contributed by atoms with van der Waals surface area (Å²) in [5.74, 6) is 0.759. The van der Waals surface area contributed by atoms with Crippen LogP contribution in [-0.4, -0.2) is 0 Å². The van der Waals surface area contributed by atoms with Gasteiger partial charge >= 0.3 is 0 Å². The molecule has 0 amide bonds. The highest BCUT2D eigenvalue weighted by molar-refractivity contribution is 5.20. The topological polar surface area (TPSA) is 0 Å². The predicted molar refractivity (Wildman–Crippen MR) is 48.0 cm³/mol. The van der Waals surface area contributed by atoms with Crippen LogP contribution in [0.15, 0.2) is 23.8 Å². The molecular weight excluding hydrogens is 120 g/mol. The Labute approximate surface area is 64.6 Å². The zero-order chi connectivity index (χ0) is 8.15. The van der Waals surface area contributed by atoms with Crippen LogP contribution < -0.4 is 0 Å². The summed E-state index contributed by atoms with van der Waals surface area (Å²) in [6.07, 6.45) is 3.12. The second kappa shape index (κ2) is 4.32. The number of rotatable bonds is 3. The number of hydrogen-bond donors (Lipinski definition) is 0. The maximum atomic E-state index is 3.73. The van der Waals surface area contributed by atoms with Gasteiger partial charge in [0, 0.05) is 0 Å². The van der Waals surface area contributed by atoms with Crippen molar-refractivity contribution >= 4 is 0 Å². The van der Waals surface area contributed by atoms with Gasteiger partial charge in [0.05, 0.1) is 0 Å². The van der Waals surface area contributed by atoms with E-state index in [1.54, 1.807) is 0 Å². The smallest absolute Gasteiger partial charge is 0.0294 e. The van der Waals surface area contributed by atoms with Crippen molar-refractivity contribution in [2.24, 2.45) is 5.92 Å². The highest BCUT2D eigenvalue weighted by Crippen LogP contribution is 2.14. The largest absolute Gasteiger partial charge is 0.0988 e. The average molecular weight is 138 g/mol. The monoisotopic (exact) mass is 138 g/mol. The first-order valence-electron chi connectivity index (χ1n) is 3.86. The Morgan fingerprint density at radius 3 is 2.20 bits per heavy atom. The fraction of sp³-hybridized carbons (Fsp3) is 0.600. The van der Waals surface area contributed by atoms with Crippen molar-refractivity contribution in [3.05, 3.63) is 23.8 Å². The summed E-state index contributed by atoms with van der Waals surface area (Å²) in [6.45, 7) is 12.5. The molecule has 0 saturated carbocycles. The molecule has 0 unspecified atom stereocenters. The van der Waals surface area contributed by atoms with Gasteiger partial charge < -0.3 is 0 Å². The van der Waals surface area contributed by atoms with E-state index in [2.05, 4.69) is 34.3 Å². The van der Waals surface area contributed by atoms with Gasteiger partial charge in [0.1, 0.15) is 0 Å². The summed E-state index contributed by atoms with van der Waals surface area (Å²) < 4.78 is 0. The van der Waals surface area contributed by atoms with Crippen molar-refractivity contribution in [2.75, 3.05) is 0 Å². The Hall–Kier alpha value is -0.520.